The maximum absolute atomic E-state index is 13.5. The summed E-state index contributed by atoms with van der Waals surface area (Å²) in [5.41, 5.74) is 5.45. The van der Waals surface area contributed by atoms with Crippen LogP contribution < -0.4 is 14.5 Å². The predicted molar refractivity (Wildman–Crippen MR) is 192 cm³/mol. The molecular formula is C42H38N2O6. The maximum atomic E-state index is 13.5. The number of hydrogen-bond acceptors (Lipinski definition) is 8. The van der Waals surface area contributed by atoms with Gasteiger partial charge >= 0.3 is 11.9 Å². The highest BCUT2D eigenvalue weighted by Crippen LogP contribution is 2.57. The first-order valence-electron chi connectivity index (χ1n) is 16.8. The van der Waals surface area contributed by atoms with E-state index in [0.29, 0.717) is 49.7 Å². The molecule has 0 amide bonds. The third-order valence-electron chi connectivity index (χ3n) is 9.24. The van der Waals surface area contributed by atoms with Crippen molar-refractivity contribution >= 4 is 29.1 Å². The summed E-state index contributed by atoms with van der Waals surface area (Å²) in [6.45, 7) is 5.40. The topological polar surface area (TPSA) is 85.4 Å². The monoisotopic (exact) mass is 666 g/mol. The van der Waals surface area contributed by atoms with E-state index in [9.17, 15) is 14.4 Å². The lowest BCUT2D eigenvalue weighted by molar-refractivity contribution is -0.140. The summed E-state index contributed by atoms with van der Waals surface area (Å²) < 4.78 is 18.5. The molecule has 2 aliphatic rings. The molecule has 2 heterocycles. The van der Waals surface area contributed by atoms with E-state index in [4.69, 9.17) is 14.2 Å². The SMILES string of the molecule is CC(=O)CCN(Cc1ccccc1)c1ccc2c(c1)Oc1cc(N(CCOC(C)=O)Cc3ccccc3)ccc1C21OC(=O)c2ccccc21. The van der Waals surface area contributed by atoms with Crippen LogP contribution in [0.25, 0.3) is 0 Å². The Labute approximate surface area is 291 Å². The quantitative estimate of drug-likeness (QED) is 0.125. The van der Waals surface area contributed by atoms with Crippen LogP contribution >= 0.6 is 0 Å². The lowest BCUT2D eigenvalue weighted by Crippen LogP contribution is -2.34. The molecule has 0 fully saturated rings. The summed E-state index contributed by atoms with van der Waals surface area (Å²) in [5, 5.41) is 0. The molecule has 0 aliphatic carbocycles. The molecule has 1 unspecified atom stereocenters. The average molecular weight is 667 g/mol. The molecule has 0 bridgehead atoms. The van der Waals surface area contributed by atoms with Gasteiger partial charge in [0.25, 0.3) is 0 Å². The maximum Gasteiger partial charge on any atom is 0.340 e. The fourth-order valence-corrected chi connectivity index (χ4v) is 6.85. The minimum absolute atomic E-state index is 0.112. The van der Waals surface area contributed by atoms with Gasteiger partial charge < -0.3 is 24.0 Å². The number of ketones is 1. The van der Waals surface area contributed by atoms with E-state index in [0.717, 1.165) is 39.2 Å². The largest absolute Gasteiger partial charge is 0.464 e. The zero-order valence-corrected chi connectivity index (χ0v) is 28.1. The highest BCUT2D eigenvalue weighted by atomic mass is 16.6. The van der Waals surface area contributed by atoms with Gasteiger partial charge in [-0.1, -0.05) is 78.9 Å². The number of benzene rings is 5. The van der Waals surface area contributed by atoms with Gasteiger partial charge in [-0.05, 0) is 48.4 Å². The van der Waals surface area contributed by atoms with Crippen molar-refractivity contribution in [2.45, 2.75) is 39.0 Å². The molecule has 50 heavy (non-hydrogen) atoms. The molecule has 1 spiro atoms. The summed E-state index contributed by atoms with van der Waals surface area (Å²) in [7, 11) is 0. The number of fused-ring (bicyclic) bond motifs is 6. The summed E-state index contributed by atoms with van der Waals surface area (Å²) in [6.07, 6.45) is 0.399. The highest BCUT2D eigenvalue weighted by molar-refractivity contribution is 5.97. The zero-order chi connectivity index (χ0) is 34.7. The number of ether oxygens (including phenoxy) is 3. The summed E-state index contributed by atoms with van der Waals surface area (Å²) in [6, 6.07) is 39.6. The van der Waals surface area contributed by atoms with Crippen molar-refractivity contribution in [3.05, 3.63) is 155 Å². The third-order valence-corrected chi connectivity index (χ3v) is 9.24. The Balaban J connectivity index is 1.33. The van der Waals surface area contributed by atoms with Crippen molar-refractivity contribution in [2.24, 2.45) is 0 Å². The van der Waals surface area contributed by atoms with E-state index < -0.39 is 11.6 Å². The average Bonchev–Trinajstić information content (AvgIpc) is 3.42. The normalized spacial score (nSPS) is 15.3. The minimum atomic E-state index is -1.22. The lowest BCUT2D eigenvalue weighted by atomic mass is 9.77. The van der Waals surface area contributed by atoms with Gasteiger partial charge in [-0.2, -0.15) is 0 Å². The van der Waals surface area contributed by atoms with Gasteiger partial charge in [0.2, 0.25) is 0 Å². The predicted octanol–water partition coefficient (Wildman–Crippen LogP) is 7.81. The Morgan fingerprint density at radius 2 is 1.20 bits per heavy atom. The molecule has 0 saturated heterocycles. The molecule has 8 nitrogen and oxygen atoms in total. The van der Waals surface area contributed by atoms with E-state index in [-0.39, 0.29) is 18.4 Å². The second-order valence-corrected chi connectivity index (χ2v) is 12.7. The number of carbonyl (C=O) groups excluding carboxylic acids is 3. The smallest absolute Gasteiger partial charge is 0.340 e. The van der Waals surface area contributed by atoms with Crippen molar-refractivity contribution < 1.29 is 28.6 Å². The molecule has 1 atom stereocenters. The first kappa shape index (κ1) is 32.6. The summed E-state index contributed by atoms with van der Waals surface area (Å²) in [4.78, 5) is 41.5. The van der Waals surface area contributed by atoms with Crippen LogP contribution in [0.5, 0.6) is 11.5 Å². The van der Waals surface area contributed by atoms with Gasteiger partial charge in [0, 0.05) is 73.2 Å². The number of rotatable bonds is 12. The van der Waals surface area contributed by atoms with Crippen molar-refractivity contribution in [1.82, 2.24) is 0 Å². The van der Waals surface area contributed by atoms with Crippen molar-refractivity contribution in [2.75, 3.05) is 29.5 Å². The number of esters is 2. The Morgan fingerprint density at radius 3 is 1.76 bits per heavy atom. The van der Waals surface area contributed by atoms with Crippen LogP contribution in [0.4, 0.5) is 11.4 Å². The molecular weight excluding hydrogens is 628 g/mol. The van der Waals surface area contributed by atoms with E-state index >= 15 is 0 Å². The Bertz CT molecular complexity index is 2050. The van der Waals surface area contributed by atoms with Crippen LogP contribution in [0.2, 0.25) is 0 Å². The van der Waals surface area contributed by atoms with Gasteiger partial charge in [-0.25, -0.2) is 4.79 Å². The molecule has 7 rings (SSSR count). The molecule has 0 radical (unpaired) electrons. The van der Waals surface area contributed by atoms with Crippen molar-refractivity contribution in [3.63, 3.8) is 0 Å². The number of nitrogens with zero attached hydrogens (tertiary/aromatic N) is 2. The number of carbonyl (C=O) groups is 3. The van der Waals surface area contributed by atoms with Crippen LogP contribution in [-0.2, 0) is 37.8 Å². The number of anilines is 2. The molecule has 0 aromatic heterocycles. The van der Waals surface area contributed by atoms with Gasteiger partial charge in [-0.3, -0.25) is 9.59 Å². The van der Waals surface area contributed by atoms with Crippen LogP contribution in [0.3, 0.4) is 0 Å². The first-order valence-corrected chi connectivity index (χ1v) is 16.8. The molecule has 8 heteroatoms. The van der Waals surface area contributed by atoms with E-state index in [2.05, 4.69) is 34.1 Å². The second kappa shape index (κ2) is 13.9. The fraction of sp³-hybridized carbons (Fsp3) is 0.214. The van der Waals surface area contributed by atoms with E-state index in [1.807, 2.05) is 91.0 Å². The number of Topliss-reactive ketones (excluding diaryl/α,β-unsaturated/α-hetero) is 1. The zero-order valence-electron chi connectivity index (χ0n) is 28.1. The molecule has 5 aromatic rings. The number of hydrogen-bond donors (Lipinski definition) is 0. The van der Waals surface area contributed by atoms with Crippen LogP contribution in [-0.4, -0.2) is 37.4 Å². The van der Waals surface area contributed by atoms with Crippen LogP contribution in [0.15, 0.2) is 121 Å². The molecule has 2 aliphatic heterocycles. The Hall–Kier alpha value is -5.89. The highest BCUT2D eigenvalue weighted by Gasteiger charge is 2.53. The first-order chi connectivity index (χ1) is 24.3. The molecule has 0 N–H and O–H groups in total. The van der Waals surface area contributed by atoms with Gasteiger partial charge in [0.1, 0.15) is 23.9 Å². The Kier molecular flexibility index (Phi) is 9.09. The Morgan fingerprint density at radius 1 is 0.660 bits per heavy atom. The van der Waals surface area contributed by atoms with E-state index in [1.54, 1.807) is 13.0 Å². The van der Waals surface area contributed by atoms with Gasteiger partial charge in [-0.15, -0.1) is 0 Å². The minimum Gasteiger partial charge on any atom is -0.464 e. The molecule has 0 saturated carbocycles. The van der Waals surface area contributed by atoms with Crippen molar-refractivity contribution in [3.8, 4) is 11.5 Å². The van der Waals surface area contributed by atoms with Crippen LogP contribution in [0, 0.1) is 0 Å². The third kappa shape index (κ3) is 6.44. The van der Waals surface area contributed by atoms with E-state index in [1.165, 1.54) is 6.92 Å². The van der Waals surface area contributed by atoms with Crippen molar-refractivity contribution in [1.29, 1.82) is 0 Å². The molecule has 5 aromatic carbocycles. The second-order valence-electron chi connectivity index (χ2n) is 12.7. The van der Waals surface area contributed by atoms with Gasteiger partial charge in [0.05, 0.1) is 12.1 Å². The van der Waals surface area contributed by atoms with Crippen LogP contribution in [0.1, 0.15) is 58.4 Å². The van der Waals surface area contributed by atoms with Gasteiger partial charge in [0.15, 0.2) is 5.60 Å². The summed E-state index contributed by atoms with van der Waals surface area (Å²) in [5.74, 6) is 0.499. The fourth-order valence-electron chi connectivity index (χ4n) is 6.85. The lowest BCUT2D eigenvalue weighted by Gasteiger charge is -2.38. The molecule has 252 valence electrons. The standard InChI is InChI=1S/C42H38N2O6/c1-29(45)21-22-43(27-31-11-5-3-6-12-31)33-17-19-37-39(25-33)49-40-26-34(44(23-24-48-30(2)46)28-32-13-7-4-8-14-32)18-20-38(40)42(37)36-16-10-9-15-35(36)41(47)50-42/h3-20,25-26H,21-24,27-28H2,1-2H3. The summed E-state index contributed by atoms with van der Waals surface area (Å²) >= 11 is 0.